The third-order valence-electron chi connectivity index (χ3n) is 4.20. The number of anilines is 1. The van der Waals surface area contributed by atoms with Gasteiger partial charge >= 0.3 is 5.97 Å². The van der Waals surface area contributed by atoms with Crippen LogP contribution in [0.3, 0.4) is 0 Å². The van der Waals surface area contributed by atoms with Crippen molar-refractivity contribution in [2.24, 2.45) is 5.92 Å². The van der Waals surface area contributed by atoms with E-state index < -0.39 is 11.4 Å². The molecule has 4 rings (SSSR count). The molecule has 2 aromatic heterocycles. The fourth-order valence-corrected chi connectivity index (χ4v) is 4.11. The molecule has 0 saturated heterocycles. The van der Waals surface area contributed by atoms with Crippen molar-refractivity contribution < 1.29 is 18.7 Å². The van der Waals surface area contributed by atoms with Crippen LogP contribution in [0.1, 0.15) is 24.2 Å². The van der Waals surface area contributed by atoms with Gasteiger partial charge in [-0.15, -0.1) is 10.2 Å². The number of nitrogens with one attached hydrogen (secondary N) is 1. The minimum atomic E-state index is -0.673. The minimum absolute atomic E-state index is 0.0255. The van der Waals surface area contributed by atoms with Crippen molar-refractivity contribution in [2.75, 3.05) is 5.32 Å². The normalized spacial score (nSPS) is 13.3. The Balaban J connectivity index is 1.30. The summed E-state index contributed by atoms with van der Waals surface area (Å²) < 4.78 is 11.1. The Morgan fingerprint density at radius 3 is 2.81 bits per heavy atom. The van der Waals surface area contributed by atoms with E-state index in [0.717, 1.165) is 24.7 Å². The van der Waals surface area contributed by atoms with Crippen LogP contribution in [0, 0.1) is 5.92 Å². The average molecular weight is 456 g/mol. The van der Waals surface area contributed by atoms with Gasteiger partial charge in [0.2, 0.25) is 22.2 Å². The molecular weight excluding hydrogens is 438 g/mol. The van der Waals surface area contributed by atoms with Crippen molar-refractivity contribution in [1.82, 2.24) is 10.2 Å². The molecule has 1 amide bonds. The van der Waals surface area contributed by atoms with Crippen molar-refractivity contribution in [1.29, 1.82) is 0 Å². The van der Waals surface area contributed by atoms with Crippen molar-refractivity contribution in [3.8, 4) is 5.75 Å². The van der Waals surface area contributed by atoms with Crippen molar-refractivity contribution in [3.63, 3.8) is 0 Å². The number of thioether (sulfide) groups is 1. The zero-order valence-corrected chi connectivity index (χ0v) is 17.8. The predicted octanol–water partition coefficient (Wildman–Crippen LogP) is 3.75. The summed E-state index contributed by atoms with van der Waals surface area (Å²) >= 11 is 2.58. The zero-order valence-electron chi connectivity index (χ0n) is 16.1. The summed E-state index contributed by atoms with van der Waals surface area (Å²) in [6, 6.07) is 10.5. The van der Waals surface area contributed by atoms with Crippen LogP contribution in [-0.2, 0) is 15.3 Å². The Kier molecular flexibility index (Phi) is 6.58. The van der Waals surface area contributed by atoms with E-state index >= 15 is 0 Å². The number of hydrogen-bond acceptors (Lipinski definition) is 9. The molecule has 0 spiro atoms. The van der Waals surface area contributed by atoms with E-state index in [9.17, 15) is 14.4 Å². The summed E-state index contributed by atoms with van der Waals surface area (Å²) in [5.41, 5.74) is 0.378. The Hall–Kier alpha value is -3.24. The number of esters is 1. The molecule has 1 saturated carbocycles. The van der Waals surface area contributed by atoms with Crippen molar-refractivity contribution in [3.05, 3.63) is 70.3 Å². The van der Waals surface area contributed by atoms with Gasteiger partial charge in [0.1, 0.15) is 12.0 Å². The first-order valence-electron chi connectivity index (χ1n) is 9.40. The molecule has 1 fully saturated rings. The first-order valence-corrected chi connectivity index (χ1v) is 11.2. The Labute approximate surface area is 185 Å². The number of benzene rings is 1. The molecule has 0 bridgehead atoms. The molecule has 0 unspecified atom stereocenters. The van der Waals surface area contributed by atoms with Crippen molar-refractivity contribution >= 4 is 46.2 Å². The quantitative estimate of drug-likeness (QED) is 0.237. The fraction of sp³-hybridized carbons (Fsp3) is 0.190. The molecule has 158 valence electrons. The predicted molar refractivity (Wildman–Crippen MR) is 117 cm³/mol. The molecule has 1 aliphatic carbocycles. The summed E-state index contributed by atoms with van der Waals surface area (Å²) in [6.07, 6.45) is 5.79. The number of hydrogen-bond donors (Lipinski definition) is 1. The number of amides is 1. The first kappa shape index (κ1) is 21.0. The highest BCUT2D eigenvalue weighted by Gasteiger charge is 2.30. The van der Waals surface area contributed by atoms with Gasteiger partial charge in [-0.1, -0.05) is 53.4 Å². The van der Waals surface area contributed by atoms with Gasteiger partial charge in [0, 0.05) is 18.1 Å². The van der Waals surface area contributed by atoms with E-state index in [0.29, 0.717) is 21.0 Å². The Morgan fingerprint density at radius 2 is 2.06 bits per heavy atom. The van der Waals surface area contributed by atoms with E-state index in [-0.39, 0.29) is 17.6 Å². The standard InChI is InChI=1S/C21H17N3O5S2/c25-16-10-15(12-30-21-24-23-20(31-21)22-19(27)14-7-8-14)28-11-17(16)29-18(26)9-6-13-4-2-1-3-5-13/h1-6,9-11,14H,7-8,12H2,(H,22,23,27). The van der Waals surface area contributed by atoms with Crippen LogP contribution in [0.5, 0.6) is 5.75 Å². The third-order valence-corrected chi connectivity index (χ3v) is 6.19. The smallest absolute Gasteiger partial charge is 0.336 e. The maximum Gasteiger partial charge on any atom is 0.336 e. The zero-order chi connectivity index (χ0) is 21.6. The van der Waals surface area contributed by atoms with Gasteiger partial charge in [0.25, 0.3) is 0 Å². The molecule has 3 aromatic rings. The van der Waals surface area contributed by atoms with E-state index in [1.165, 1.54) is 35.2 Å². The molecule has 0 radical (unpaired) electrons. The Morgan fingerprint density at radius 1 is 1.26 bits per heavy atom. The lowest BCUT2D eigenvalue weighted by atomic mass is 10.2. The van der Waals surface area contributed by atoms with Gasteiger partial charge < -0.3 is 14.5 Å². The number of nitrogens with zero attached hydrogens (tertiary/aromatic N) is 2. The molecule has 0 atom stereocenters. The summed E-state index contributed by atoms with van der Waals surface area (Å²) in [4.78, 5) is 35.9. The lowest BCUT2D eigenvalue weighted by Gasteiger charge is -2.02. The van der Waals surface area contributed by atoms with Crippen LogP contribution in [0.15, 0.2) is 62.3 Å². The lowest BCUT2D eigenvalue weighted by Crippen LogP contribution is -2.12. The van der Waals surface area contributed by atoms with Crippen LogP contribution in [0.4, 0.5) is 5.13 Å². The molecule has 1 aromatic carbocycles. The van der Waals surface area contributed by atoms with Crippen LogP contribution >= 0.6 is 23.1 Å². The highest BCUT2D eigenvalue weighted by atomic mass is 32.2. The maximum absolute atomic E-state index is 12.2. The van der Waals surface area contributed by atoms with Gasteiger partial charge in [-0.2, -0.15) is 0 Å². The number of carbonyl (C=O) groups excluding carboxylic acids is 2. The van der Waals surface area contributed by atoms with Crippen LogP contribution in [0.25, 0.3) is 6.08 Å². The van der Waals surface area contributed by atoms with E-state index in [2.05, 4.69) is 15.5 Å². The van der Waals surface area contributed by atoms with Gasteiger partial charge in [0.05, 0.1) is 5.75 Å². The maximum atomic E-state index is 12.2. The second-order valence-corrected chi connectivity index (χ2v) is 8.87. The van der Waals surface area contributed by atoms with Gasteiger partial charge in [0.15, 0.2) is 4.34 Å². The molecule has 2 heterocycles. The molecule has 31 heavy (non-hydrogen) atoms. The number of carbonyl (C=O) groups is 2. The summed E-state index contributed by atoms with van der Waals surface area (Å²) in [6.45, 7) is 0. The van der Waals surface area contributed by atoms with Gasteiger partial charge in [-0.25, -0.2) is 4.79 Å². The SMILES string of the molecule is O=C(C=Cc1ccccc1)Oc1coc(CSc2nnc(NC(=O)C3CC3)s2)cc1=O. The lowest BCUT2D eigenvalue weighted by molar-refractivity contribution is -0.129. The van der Waals surface area contributed by atoms with Crippen LogP contribution in [0.2, 0.25) is 0 Å². The topological polar surface area (TPSA) is 111 Å². The number of rotatable bonds is 8. The molecular formula is C21H17N3O5S2. The molecule has 1 N–H and O–H groups in total. The largest absolute Gasteiger partial charge is 0.464 e. The molecule has 8 nitrogen and oxygen atoms in total. The first-order chi connectivity index (χ1) is 15.1. The molecule has 1 aliphatic rings. The fourth-order valence-electron chi connectivity index (χ4n) is 2.46. The monoisotopic (exact) mass is 455 g/mol. The number of aromatic nitrogens is 2. The van der Waals surface area contributed by atoms with E-state index in [4.69, 9.17) is 9.15 Å². The highest BCUT2D eigenvalue weighted by molar-refractivity contribution is 8.00. The average Bonchev–Trinajstić information content (AvgIpc) is 3.54. The molecule has 10 heteroatoms. The van der Waals surface area contributed by atoms with Gasteiger partial charge in [-0.3, -0.25) is 9.59 Å². The minimum Gasteiger partial charge on any atom is -0.464 e. The second kappa shape index (κ2) is 9.71. The second-order valence-electron chi connectivity index (χ2n) is 6.67. The van der Waals surface area contributed by atoms with Gasteiger partial charge in [-0.05, 0) is 24.5 Å². The summed E-state index contributed by atoms with van der Waals surface area (Å²) in [5.74, 6) is -0.0558. The number of ether oxygens (including phenoxy) is 1. The van der Waals surface area contributed by atoms with Crippen molar-refractivity contribution in [2.45, 2.75) is 22.9 Å². The van der Waals surface area contributed by atoms with Crippen LogP contribution in [-0.4, -0.2) is 22.1 Å². The van der Waals surface area contributed by atoms with E-state index in [1.807, 2.05) is 30.3 Å². The van der Waals surface area contributed by atoms with Crippen LogP contribution < -0.4 is 15.5 Å². The molecule has 0 aliphatic heterocycles. The Bertz CT molecular complexity index is 1170. The third kappa shape index (κ3) is 6.12. The van der Waals surface area contributed by atoms with E-state index in [1.54, 1.807) is 6.08 Å². The highest BCUT2D eigenvalue weighted by Crippen LogP contribution is 2.32. The summed E-state index contributed by atoms with van der Waals surface area (Å²) in [5, 5.41) is 11.1. The summed E-state index contributed by atoms with van der Waals surface area (Å²) in [7, 11) is 0.